The first kappa shape index (κ1) is 10.8. The number of rotatable bonds is 6. The van der Waals surface area contributed by atoms with Crippen LogP contribution < -0.4 is 0 Å². The molecular weight excluding hydrogens is 194 g/mol. The van der Waals surface area contributed by atoms with Gasteiger partial charge in [0.05, 0.1) is 6.61 Å². The fraction of sp³-hybridized carbons (Fsp3) is 1.00. The van der Waals surface area contributed by atoms with Crippen molar-refractivity contribution in [3.05, 3.63) is 0 Å². The van der Waals surface area contributed by atoms with Crippen LogP contribution in [0, 0.1) is 5.41 Å². The Morgan fingerprint density at radius 3 is 2.43 bits per heavy atom. The number of hydrogen-bond acceptors (Lipinski definition) is 3. The molecule has 2 nitrogen and oxygen atoms in total. The molecule has 0 bridgehead atoms. The van der Waals surface area contributed by atoms with Crippen LogP contribution in [0.25, 0.3) is 0 Å². The average Bonchev–Trinajstić information content (AvgIpc) is 2.92. The Morgan fingerprint density at radius 2 is 2.07 bits per heavy atom. The lowest BCUT2D eigenvalue weighted by Gasteiger charge is -2.44. The minimum absolute atomic E-state index is 0.305. The van der Waals surface area contributed by atoms with E-state index in [4.69, 9.17) is 5.11 Å². The van der Waals surface area contributed by atoms with Crippen LogP contribution >= 0.6 is 12.6 Å². The standard InChI is InChI=1S/C11H21NOS/c13-7-6-12(10-2-3-10)8-11(9-14)4-1-5-11/h10,13-14H,1-9H2. The van der Waals surface area contributed by atoms with Crippen molar-refractivity contribution in [1.82, 2.24) is 4.90 Å². The van der Waals surface area contributed by atoms with Crippen molar-refractivity contribution in [2.45, 2.75) is 38.1 Å². The molecule has 0 aliphatic heterocycles. The summed E-state index contributed by atoms with van der Waals surface area (Å²) in [5.41, 5.74) is 0.487. The number of nitrogens with zero attached hydrogens (tertiary/aromatic N) is 1. The van der Waals surface area contributed by atoms with E-state index in [0.29, 0.717) is 12.0 Å². The molecule has 2 fully saturated rings. The Hall–Kier alpha value is 0.270. The Balaban J connectivity index is 1.85. The molecule has 0 unspecified atom stereocenters. The van der Waals surface area contributed by atoms with Crippen molar-refractivity contribution in [2.24, 2.45) is 5.41 Å². The summed E-state index contributed by atoms with van der Waals surface area (Å²) in [5.74, 6) is 1.02. The van der Waals surface area contributed by atoms with Crippen LogP contribution in [0.2, 0.25) is 0 Å². The lowest BCUT2D eigenvalue weighted by atomic mass is 9.70. The zero-order chi connectivity index (χ0) is 10.0. The van der Waals surface area contributed by atoms with Gasteiger partial charge in [0.1, 0.15) is 0 Å². The van der Waals surface area contributed by atoms with Crippen LogP contribution in [-0.4, -0.2) is 41.5 Å². The Kier molecular flexibility index (Phi) is 3.40. The van der Waals surface area contributed by atoms with Crippen LogP contribution in [0.15, 0.2) is 0 Å². The third-order valence-corrected chi connectivity index (χ3v) is 4.41. The third-order valence-electron chi connectivity index (χ3n) is 3.74. The van der Waals surface area contributed by atoms with Gasteiger partial charge in [0.15, 0.2) is 0 Å². The molecule has 0 aromatic rings. The minimum Gasteiger partial charge on any atom is -0.395 e. The van der Waals surface area contributed by atoms with E-state index in [1.165, 1.54) is 38.6 Å². The van der Waals surface area contributed by atoms with Crippen LogP contribution in [0.4, 0.5) is 0 Å². The fourth-order valence-corrected chi connectivity index (χ4v) is 2.85. The zero-order valence-electron chi connectivity index (χ0n) is 8.78. The molecule has 1 N–H and O–H groups in total. The topological polar surface area (TPSA) is 23.5 Å². The third kappa shape index (κ3) is 2.26. The fourth-order valence-electron chi connectivity index (χ4n) is 2.43. The van der Waals surface area contributed by atoms with Gasteiger partial charge in [0, 0.05) is 19.1 Å². The molecule has 0 aromatic carbocycles. The Bertz CT molecular complexity index is 184. The second-order valence-electron chi connectivity index (χ2n) is 4.94. The van der Waals surface area contributed by atoms with E-state index in [2.05, 4.69) is 17.5 Å². The van der Waals surface area contributed by atoms with Gasteiger partial charge < -0.3 is 5.11 Å². The zero-order valence-corrected chi connectivity index (χ0v) is 9.68. The molecule has 0 amide bonds. The average molecular weight is 215 g/mol. The second-order valence-corrected chi connectivity index (χ2v) is 5.25. The monoisotopic (exact) mass is 215 g/mol. The maximum Gasteiger partial charge on any atom is 0.0558 e. The van der Waals surface area contributed by atoms with E-state index in [9.17, 15) is 0 Å². The summed E-state index contributed by atoms with van der Waals surface area (Å²) in [4.78, 5) is 2.48. The highest BCUT2D eigenvalue weighted by atomic mass is 32.1. The van der Waals surface area contributed by atoms with Crippen LogP contribution in [0.5, 0.6) is 0 Å². The lowest BCUT2D eigenvalue weighted by molar-refractivity contribution is 0.0737. The molecule has 0 atom stereocenters. The van der Waals surface area contributed by atoms with Crippen molar-refractivity contribution in [3.63, 3.8) is 0 Å². The summed E-state index contributed by atoms with van der Waals surface area (Å²) in [5, 5.41) is 9.01. The van der Waals surface area contributed by atoms with Gasteiger partial charge in [-0.25, -0.2) is 0 Å². The first-order valence-electron chi connectivity index (χ1n) is 5.75. The van der Waals surface area contributed by atoms with Gasteiger partial charge in [-0.15, -0.1) is 0 Å². The highest BCUT2D eigenvalue weighted by molar-refractivity contribution is 7.80. The van der Waals surface area contributed by atoms with Gasteiger partial charge in [-0.1, -0.05) is 6.42 Å². The predicted molar refractivity (Wildman–Crippen MR) is 61.8 cm³/mol. The Morgan fingerprint density at radius 1 is 1.36 bits per heavy atom. The summed E-state index contributed by atoms with van der Waals surface area (Å²) in [7, 11) is 0. The van der Waals surface area contributed by atoms with E-state index < -0.39 is 0 Å². The Labute approximate surface area is 92.1 Å². The molecule has 2 aliphatic carbocycles. The van der Waals surface area contributed by atoms with Crippen molar-refractivity contribution >= 4 is 12.6 Å². The van der Waals surface area contributed by atoms with E-state index in [-0.39, 0.29) is 0 Å². The maximum atomic E-state index is 9.01. The highest BCUT2D eigenvalue weighted by Gasteiger charge is 2.40. The molecule has 14 heavy (non-hydrogen) atoms. The highest BCUT2D eigenvalue weighted by Crippen LogP contribution is 2.44. The van der Waals surface area contributed by atoms with Crippen molar-refractivity contribution in [2.75, 3.05) is 25.4 Å². The summed E-state index contributed by atoms with van der Waals surface area (Å²) in [6.45, 7) is 2.33. The van der Waals surface area contributed by atoms with E-state index in [1.54, 1.807) is 0 Å². The largest absolute Gasteiger partial charge is 0.395 e. The first-order valence-corrected chi connectivity index (χ1v) is 6.39. The molecule has 82 valence electrons. The maximum absolute atomic E-state index is 9.01. The molecule has 0 heterocycles. The number of hydrogen-bond donors (Lipinski definition) is 2. The van der Waals surface area contributed by atoms with E-state index in [0.717, 1.165) is 18.3 Å². The van der Waals surface area contributed by atoms with Crippen molar-refractivity contribution in [3.8, 4) is 0 Å². The number of aliphatic hydroxyl groups is 1. The predicted octanol–water partition coefficient (Wildman–Crippen LogP) is 1.54. The van der Waals surface area contributed by atoms with E-state index in [1.807, 2.05) is 0 Å². The molecular formula is C11H21NOS. The summed E-state index contributed by atoms with van der Waals surface area (Å²) >= 11 is 4.47. The van der Waals surface area contributed by atoms with Crippen LogP contribution in [0.1, 0.15) is 32.1 Å². The molecule has 0 radical (unpaired) electrons. The van der Waals surface area contributed by atoms with Gasteiger partial charge in [0.25, 0.3) is 0 Å². The van der Waals surface area contributed by atoms with E-state index >= 15 is 0 Å². The summed E-state index contributed by atoms with van der Waals surface area (Å²) in [6.07, 6.45) is 6.72. The van der Waals surface area contributed by atoms with Crippen molar-refractivity contribution in [1.29, 1.82) is 0 Å². The van der Waals surface area contributed by atoms with Gasteiger partial charge >= 0.3 is 0 Å². The van der Waals surface area contributed by atoms with Crippen molar-refractivity contribution < 1.29 is 5.11 Å². The van der Waals surface area contributed by atoms with Gasteiger partial charge in [-0.2, -0.15) is 12.6 Å². The van der Waals surface area contributed by atoms with Gasteiger partial charge in [-0.3, -0.25) is 4.90 Å². The van der Waals surface area contributed by atoms with Crippen LogP contribution in [-0.2, 0) is 0 Å². The summed E-state index contributed by atoms with van der Waals surface area (Å²) in [6, 6.07) is 0.777. The molecule has 2 saturated carbocycles. The first-order chi connectivity index (χ1) is 6.79. The smallest absolute Gasteiger partial charge is 0.0558 e. The normalized spacial score (nSPS) is 25.1. The molecule has 0 aromatic heterocycles. The molecule has 0 spiro atoms. The molecule has 2 rings (SSSR count). The molecule has 3 heteroatoms. The number of aliphatic hydroxyl groups excluding tert-OH is 1. The molecule has 0 saturated heterocycles. The quantitative estimate of drug-likeness (QED) is 0.657. The minimum atomic E-state index is 0.305. The van der Waals surface area contributed by atoms with Gasteiger partial charge in [-0.05, 0) is 36.9 Å². The SMILES string of the molecule is OCCN(CC1(CS)CCC1)C1CC1. The second kappa shape index (κ2) is 4.42. The lowest BCUT2D eigenvalue weighted by Crippen LogP contribution is -2.45. The summed E-state index contributed by atoms with van der Waals surface area (Å²) < 4.78 is 0. The molecule has 2 aliphatic rings. The van der Waals surface area contributed by atoms with Crippen LogP contribution in [0.3, 0.4) is 0 Å². The number of thiol groups is 1. The van der Waals surface area contributed by atoms with Gasteiger partial charge in [0.2, 0.25) is 0 Å².